The van der Waals surface area contributed by atoms with Crippen LogP contribution in [0.15, 0.2) is 52.9 Å². The first-order chi connectivity index (χ1) is 13.0. The summed E-state index contributed by atoms with van der Waals surface area (Å²) in [4.78, 5) is 12.6. The third-order valence-corrected chi connectivity index (χ3v) is 4.47. The maximum absolute atomic E-state index is 12.6. The van der Waals surface area contributed by atoms with E-state index in [1.54, 1.807) is 24.3 Å². The molecule has 0 atom stereocenters. The van der Waals surface area contributed by atoms with Crippen LogP contribution in [0.25, 0.3) is 11.0 Å². The highest BCUT2D eigenvalue weighted by Crippen LogP contribution is 2.29. The Kier molecular flexibility index (Phi) is 5.07. The van der Waals surface area contributed by atoms with Gasteiger partial charge in [-0.1, -0.05) is 18.2 Å². The average Bonchev–Trinajstić information content (AvgIpc) is 2.92. The quantitative estimate of drug-likeness (QED) is 0.680. The van der Waals surface area contributed by atoms with Gasteiger partial charge in [-0.15, -0.1) is 13.2 Å². The first kappa shape index (κ1) is 19.7. The molecule has 1 N–H and O–H groups in total. The number of hydrogen-bond donors (Lipinski definition) is 1. The minimum absolute atomic E-state index is 0.178. The fraction of sp³-hybridized carbons (Fsp3) is 0.167. The molecule has 0 aliphatic carbocycles. The minimum Gasteiger partial charge on any atom is -0.451 e. The van der Waals surface area contributed by atoms with Gasteiger partial charge in [0.25, 0.3) is 5.91 Å². The summed E-state index contributed by atoms with van der Waals surface area (Å²) in [7, 11) is -3.45. The number of nitrogens with one attached hydrogen (secondary N) is 1. The van der Waals surface area contributed by atoms with Crippen molar-refractivity contribution in [1.29, 1.82) is 0 Å². The fourth-order valence-corrected chi connectivity index (χ4v) is 3.43. The molecule has 1 heterocycles. The Bertz CT molecular complexity index is 1120. The predicted octanol–water partition coefficient (Wildman–Crippen LogP) is 4.13. The Labute approximate surface area is 157 Å². The Morgan fingerprint density at radius 2 is 1.75 bits per heavy atom. The third-order valence-electron chi connectivity index (χ3n) is 3.66. The number of ether oxygens (including phenoxy) is 1. The van der Waals surface area contributed by atoms with E-state index in [1.807, 2.05) is 0 Å². The van der Waals surface area contributed by atoms with E-state index in [4.69, 9.17) is 4.42 Å². The summed E-state index contributed by atoms with van der Waals surface area (Å²) < 4.78 is 69.4. The SMILES string of the molecule is CS(=O)(=O)Cc1c(C(=O)Nc2ccc(OC(F)(F)F)cc2)oc2ccccc12. The molecule has 6 nitrogen and oxygen atoms in total. The first-order valence-electron chi connectivity index (χ1n) is 7.87. The second-order valence-electron chi connectivity index (χ2n) is 6.00. The summed E-state index contributed by atoms with van der Waals surface area (Å²) in [6.07, 6.45) is -3.78. The van der Waals surface area contributed by atoms with E-state index < -0.39 is 33.6 Å². The lowest BCUT2D eigenvalue weighted by Crippen LogP contribution is -2.17. The van der Waals surface area contributed by atoms with Gasteiger partial charge in [0, 0.05) is 22.9 Å². The normalized spacial score (nSPS) is 12.1. The number of rotatable bonds is 5. The summed E-state index contributed by atoms with van der Waals surface area (Å²) in [5.74, 6) is -1.74. The summed E-state index contributed by atoms with van der Waals surface area (Å²) in [5.41, 5.74) is 0.748. The van der Waals surface area contributed by atoms with Gasteiger partial charge < -0.3 is 14.5 Å². The van der Waals surface area contributed by atoms with Crippen LogP contribution in [0.1, 0.15) is 16.1 Å². The number of fused-ring (bicyclic) bond motifs is 1. The van der Waals surface area contributed by atoms with Crippen molar-refractivity contribution in [3.63, 3.8) is 0 Å². The van der Waals surface area contributed by atoms with Crippen molar-refractivity contribution >= 4 is 32.4 Å². The molecule has 0 spiro atoms. The van der Waals surface area contributed by atoms with Crippen LogP contribution in [-0.4, -0.2) is 26.9 Å². The molecule has 0 saturated carbocycles. The molecule has 0 aliphatic rings. The van der Waals surface area contributed by atoms with E-state index in [1.165, 1.54) is 12.1 Å². The standard InChI is InChI=1S/C18H14F3NO5S/c1-28(24,25)10-14-13-4-2-3-5-15(13)26-16(14)17(23)22-11-6-8-12(9-7-11)27-18(19,20)21/h2-9H,10H2,1H3,(H,22,23). The van der Waals surface area contributed by atoms with Gasteiger partial charge in [-0.05, 0) is 30.3 Å². The molecule has 0 aliphatic heterocycles. The van der Waals surface area contributed by atoms with Crippen molar-refractivity contribution in [2.75, 3.05) is 11.6 Å². The molecule has 0 bridgehead atoms. The monoisotopic (exact) mass is 413 g/mol. The van der Waals surface area contributed by atoms with E-state index in [9.17, 15) is 26.4 Å². The van der Waals surface area contributed by atoms with Crippen LogP contribution in [0.4, 0.5) is 18.9 Å². The minimum atomic E-state index is -4.82. The molecule has 0 saturated heterocycles. The highest BCUT2D eigenvalue weighted by molar-refractivity contribution is 7.89. The van der Waals surface area contributed by atoms with Gasteiger partial charge in [-0.2, -0.15) is 0 Å². The Hall–Kier alpha value is -3.01. The van der Waals surface area contributed by atoms with Gasteiger partial charge in [0.15, 0.2) is 15.6 Å². The lowest BCUT2D eigenvalue weighted by atomic mass is 10.1. The highest BCUT2D eigenvalue weighted by Gasteiger charge is 2.31. The number of para-hydroxylation sites is 1. The van der Waals surface area contributed by atoms with Gasteiger partial charge in [0.1, 0.15) is 11.3 Å². The molecule has 10 heteroatoms. The Morgan fingerprint density at radius 3 is 2.36 bits per heavy atom. The van der Waals surface area contributed by atoms with E-state index in [0.29, 0.717) is 11.0 Å². The van der Waals surface area contributed by atoms with Gasteiger partial charge in [-0.3, -0.25) is 4.79 Å². The van der Waals surface area contributed by atoms with Gasteiger partial charge in [-0.25, -0.2) is 8.42 Å². The molecule has 148 valence electrons. The molecule has 0 radical (unpaired) electrons. The second-order valence-corrected chi connectivity index (χ2v) is 8.14. The average molecular weight is 413 g/mol. The van der Waals surface area contributed by atoms with Crippen molar-refractivity contribution in [2.24, 2.45) is 0 Å². The molecule has 0 unspecified atom stereocenters. The van der Waals surface area contributed by atoms with Gasteiger partial charge in [0.05, 0.1) is 5.75 Å². The van der Waals surface area contributed by atoms with Crippen LogP contribution in [0.5, 0.6) is 5.75 Å². The smallest absolute Gasteiger partial charge is 0.451 e. The molecule has 1 aromatic heterocycles. The van der Waals surface area contributed by atoms with E-state index in [0.717, 1.165) is 18.4 Å². The number of amides is 1. The second kappa shape index (κ2) is 7.19. The van der Waals surface area contributed by atoms with Crippen LogP contribution in [0, 0.1) is 0 Å². The molecule has 1 amide bonds. The van der Waals surface area contributed by atoms with E-state index in [-0.39, 0.29) is 17.0 Å². The Balaban J connectivity index is 1.88. The topological polar surface area (TPSA) is 85.6 Å². The van der Waals surface area contributed by atoms with Gasteiger partial charge >= 0.3 is 6.36 Å². The predicted molar refractivity (Wildman–Crippen MR) is 95.8 cm³/mol. The number of furan rings is 1. The lowest BCUT2D eigenvalue weighted by Gasteiger charge is -2.10. The van der Waals surface area contributed by atoms with Crippen LogP contribution in [0.2, 0.25) is 0 Å². The molecule has 3 aromatic rings. The zero-order chi connectivity index (χ0) is 20.5. The summed E-state index contributed by atoms with van der Waals surface area (Å²) >= 11 is 0. The largest absolute Gasteiger partial charge is 0.573 e. The van der Waals surface area contributed by atoms with E-state index in [2.05, 4.69) is 10.1 Å². The molecular formula is C18H14F3NO5S. The van der Waals surface area contributed by atoms with Crippen LogP contribution in [-0.2, 0) is 15.6 Å². The van der Waals surface area contributed by atoms with Crippen molar-refractivity contribution in [1.82, 2.24) is 0 Å². The summed E-state index contributed by atoms with van der Waals surface area (Å²) in [5, 5.41) is 2.96. The maximum Gasteiger partial charge on any atom is 0.573 e. The molecule has 28 heavy (non-hydrogen) atoms. The maximum atomic E-state index is 12.6. The number of carbonyl (C=O) groups excluding carboxylic acids is 1. The van der Waals surface area contributed by atoms with Gasteiger partial charge in [0.2, 0.25) is 0 Å². The van der Waals surface area contributed by atoms with Crippen LogP contribution >= 0.6 is 0 Å². The number of alkyl halides is 3. The molecular weight excluding hydrogens is 399 g/mol. The fourth-order valence-electron chi connectivity index (χ4n) is 2.62. The van der Waals surface area contributed by atoms with Crippen molar-refractivity contribution in [2.45, 2.75) is 12.1 Å². The van der Waals surface area contributed by atoms with Crippen LogP contribution in [0.3, 0.4) is 0 Å². The van der Waals surface area contributed by atoms with Crippen molar-refractivity contribution in [3.8, 4) is 5.75 Å². The highest BCUT2D eigenvalue weighted by atomic mass is 32.2. The van der Waals surface area contributed by atoms with Crippen molar-refractivity contribution in [3.05, 3.63) is 59.9 Å². The Morgan fingerprint density at radius 1 is 1.11 bits per heavy atom. The number of halogens is 3. The zero-order valence-electron chi connectivity index (χ0n) is 14.4. The molecule has 0 fully saturated rings. The number of sulfone groups is 1. The number of benzene rings is 2. The number of carbonyl (C=O) groups is 1. The summed E-state index contributed by atoms with van der Waals surface area (Å²) in [6, 6.07) is 11.1. The zero-order valence-corrected chi connectivity index (χ0v) is 15.2. The number of anilines is 1. The molecule has 3 rings (SSSR count). The first-order valence-corrected chi connectivity index (χ1v) is 9.93. The number of hydrogen-bond acceptors (Lipinski definition) is 5. The lowest BCUT2D eigenvalue weighted by molar-refractivity contribution is -0.274. The van der Waals surface area contributed by atoms with Crippen molar-refractivity contribution < 1.29 is 35.5 Å². The third kappa shape index (κ3) is 4.83. The summed E-state index contributed by atoms with van der Waals surface area (Å²) in [6.45, 7) is 0. The molecule has 2 aromatic carbocycles. The van der Waals surface area contributed by atoms with Crippen LogP contribution < -0.4 is 10.1 Å². The van der Waals surface area contributed by atoms with E-state index >= 15 is 0 Å².